The molecule has 1 heterocycles. The van der Waals surface area contributed by atoms with Gasteiger partial charge in [-0.3, -0.25) is 4.79 Å². The van der Waals surface area contributed by atoms with Crippen LogP contribution in [0.4, 0.5) is 0 Å². The number of rotatable bonds is 3. The Bertz CT molecular complexity index is 953. The fourth-order valence-electron chi connectivity index (χ4n) is 3.77. The highest BCUT2D eigenvalue weighted by Crippen LogP contribution is 2.35. The van der Waals surface area contributed by atoms with Crippen LogP contribution in [0.15, 0.2) is 48.5 Å². The van der Waals surface area contributed by atoms with Crippen molar-refractivity contribution >= 4 is 5.78 Å². The van der Waals surface area contributed by atoms with Gasteiger partial charge >= 0.3 is 0 Å². The Morgan fingerprint density at radius 1 is 1.00 bits per heavy atom. The summed E-state index contributed by atoms with van der Waals surface area (Å²) in [6.07, 6.45) is 1.34. The molecule has 1 aliphatic carbocycles. The van der Waals surface area contributed by atoms with Gasteiger partial charge in [0.1, 0.15) is 5.75 Å². The van der Waals surface area contributed by atoms with Crippen molar-refractivity contribution in [3.8, 4) is 11.4 Å². The van der Waals surface area contributed by atoms with Gasteiger partial charge in [0.05, 0.1) is 29.7 Å². The molecule has 0 unspecified atom stereocenters. The third-order valence-corrected chi connectivity index (χ3v) is 5.17. The lowest BCUT2D eigenvalue weighted by Gasteiger charge is -2.23. The molecule has 0 N–H and O–H groups in total. The van der Waals surface area contributed by atoms with Gasteiger partial charge in [-0.2, -0.15) is 5.10 Å². The third kappa shape index (κ3) is 2.81. The van der Waals surface area contributed by atoms with Crippen molar-refractivity contribution < 1.29 is 9.53 Å². The van der Waals surface area contributed by atoms with E-state index in [1.54, 1.807) is 7.11 Å². The summed E-state index contributed by atoms with van der Waals surface area (Å²) in [4.78, 5) is 12.8. The number of aryl methyl sites for hydroxylation is 2. The maximum Gasteiger partial charge on any atom is 0.167 e. The second-order valence-electron chi connectivity index (χ2n) is 6.96. The molecule has 0 fully saturated rings. The number of fused-ring (bicyclic) bond motifs is 1. The Morgan fingerprint density at radius 3 is 2.35 bits per heavy atom. The zero-order valence-electron chi connectivity index (χ0n) is 15.3. The van der Waals surface area contributed by atoms with E-state index in [0.717, 1.165) is 34.8 Å². The summed E-state index contributed by atoms with van der Waals surface area (Å²) in [5.74, 6) is 1.18. The Labute approximate surface area is 153 Å². The highest BCUT2D eigenvalue weighted by molar-refractivity contribution is 6.00. The predicted molar refractivity (Wildman–Crippen MR) is 101 cm³/mol. The SMILES string of the molecule is COc1ccc([C@@H]2CC(=O)c3c(C)nn(-c4ccc(C)cc4)c3C2)cc1. The first-order valence-electron chi connectivity index (χ1n) is 8.89. The first-order valence-corrected chi connectivity index (χ1v) is 8.89. The summed E-state index contributed by atoms with van der Waals surface area (Å²) in [6.45, 7) is 3.99. The van der Waals surface area contributed by atoms with Gasteiger partial charge in [-0.15, -0.1) is 0 Å². The second-order valence-corrected chi connectivity index (χ2v) is 6.96. The van der Waals surface area contributed by atoms with Crippen LogP contribution in [0, 0.1) is 13.8 Å². The van der Waals surface area contributed by atoms with Crippen molar-refractivity contribution in [3.05, 3.63) is 76.6 Å². The van der Waals surface area contributed by atoms with E-state index < -0.39 is 0 Å². The highest BCUT2D eigenvalue weighted by atomic mass is 16.5. The van der Waals surface area contributed by atoms with Gasteiger partial charge in [0.25, 0.3) is 0 Å². The number of methoxy groups -OCH3 is 1. The zero-order chi connectivity index (χ0) is 18.3. The number of carbonyl (C=O) groups is 1. The Balaban J connectivity index is 1.74. The van der Waals surface area contributed by atoms with E-state index >= 15 is 0 Å². The molecule has 3 aromatic rings. The van der Waals surface area contributed by atoms with Gasteiger partial charge < -0.3 is 4.74 Å². The molecule has 0 saturated carbocycles. The van der Waals surface area contributed by atoms with Gasteiger partial charge in [-0.05, 0) is 56.0 Å². The lowest BCUT2D eigenvalue weighted by atomic mass is 9.81. The fourth-order valence-corrected chi connectivity index (χ4v) is 3.77. The average Bonchev–Trinajstić information content (AvgIpc) is 2.99. The molecule has 4 rings (SSSR count). The minimum absolute atomic E-state index is 0.168. The summed E-state index contributed by atoms with van der Waals surface area (Å²) in [5, 5.41) is 4.67. The summed E-state index contributed by atoms with van der Waals surface area (Å²) >= 11 is 0. The molecule has 132 valence electrons. The maximum absolute atomic E-state index is 12.8. The van der Waals surface area contributed by atoms with Crippen LogP contribution < -0.4 is 4.74 Å². The first kappa shape index (κ1) is 16.6. The van der Waals surface area contributed by atoms with E-state index in [2.05, 4.69) is 48.4 Å². The topological polar surface area (TPSA) is 44.1 Å². The Hall–Kier alpha value is -2.88. The van der Waals surface area contributed by atoms with E-state index in [1.807, 2.05) is 23.7 Å². The molecule has 0 radical (unpaired) electrons. The number of carbonyl (C=O) groups excluding carboxylic acids is 1. The minimum Gasteiger partial charge on any atom is -0.497 e. The second kappa shape index (κ2) is 6.45. The van der Waals surface area contributed by atoms with Crippen molar-refractivity contribution in [3.63, 3.8) is 0 Å². The number of ether oxygens (including phenoxy) is 1. The molecular formula is C22H22N2O2. The number of nitrogens with zero attached hydrogens (tertiary/aromatic N) is 2. The molecule has 0 spiro atoms. The molecule has 1 aromatic heterocycles. The molecule has 0 aliphatic heterocycles. The third-order valence-electron chi connectivity index (χ3n) is 5.17. The van der Waals surface area contributed by atoms with Crippen LogP contribution in [-0.4, -0.2) is 22.7 Å². The molecule has 2 aromatic carbocycles. The standard InChI is InChI=1S/C22H22N2O2/c1-14-4-8-18(9-5-14)24-20-12-17(13-21(25)22(20)15(2)23-24)16-6-10-19(26-3)11-7-16/h4-11,17H,12-13H2,1-3H3/t17-/m0/s1. The smallest absolute Gasteiger partial charge is 0.167 e. The van der Waals surface area contributed by atoms with Crippen LogP contribution in [0.3, 0.4) is 0 Å². The molecule has 1 aliphatic rings. The van der Waals surface area contributed by atoms with Crippen LogP contribution in [0.2, 0.25) is 0 Å². The Morgan fingerprint density at radius 2 is 1.69 bits per heavy atom. The van der Waals surface area contributed by atoms with Crippen molar-refractivity contribution in [1.29, 1.82) is 0 Å². The van der Waals surface area contributed by atoms with Crippen molar-refractivity contribution in [2.45, 2.75) is 32.6 Å². The van der Waals surface area contributed by atoms with E-state index in [1.165, 1.54) is 11.1 Å². The van der Waals surface area contributed by atoms with Gasteiger partial charge in [0, 0.05) is 6.42 Å². The number of Topliss-reactive ketones (excluding diaryl/α,β-unsaturated/α-hetero) is 1. The summed E-state index contributed by atoms with van der Waals surface area (Å²) in [7, 11) is 1.66. The van der Waals surface area contributed by atoms with E-state index in [0.29, 0.717) is 6.42 Å². The largest absolute Gasteiger partial charge is 0.497 e. The normalized spacial score (nSPS) is 16.4. The highest BCUT2D eigenvalue weighted by Gasteiger charge is 2.32. The average molecular weight is 346 g/mol. The van der Waals surface area contributed by atoms with Crippen LogP contribution in [0.1, 0.15) is 45.2 Å². The molecule has 0 bridgehead atoms. The molecule has 4 nitrogen and oxygen atoms in total. The van der Waals surface area contributed by atoms with Gasteiger partial charge in [-0.1, -0.05) is 29.8 Å². The fraction of sp³-hybridized carbons (Fsp3) is 0.273. The summed E-state index contributed by atoms with van der Waals surface area (Å²) in [6, 6.07) is 16.3. The molecule has 1 atom stereocenters. The monoisotopic (exact) mass is 346 g/mol. The van der Waals surface area contributed by atoms with E-state index in [4.69, 9.17) is 4.74 Å². The number of hydrogen-bond donors (Lipinski definition) is 0. The van der Waals surface area contributed by atoms with Gasteiger partial charge in [-0.25, -0.2) is 4.68 Å². The van der Waals surface area contributed by atoms with Crippen LogP contribution >= 0.6 is 0 Å². The van der Waals surface area contributed by atoms with Crippen LogP contribution in [0.5, 0.6) is 5.75 Å². The summed E-state index contributed by atoms with van der Waals surface area (Å²) in [5.41, 5.74) is 6.01. The number of aromatic nitrogens is 2. The van der Waals surface area contributed by atoms with Gasteiger partial charge in [0.2, 0.25) is 0 Å². The van der Waals surface area contributed by atoms with Crippen LogP contribution in [-0.2, 0) is 6.42 Å². The van der Waals surface area contributed by atoms with Crippen LogP contribution in [0.25, 0.3) is 5.69 Å². The molecule has 26 heavy (non-hydrogen) atoms. The predicted octanol–water partition coefficient (Wildman–Crippen LogP) is 4.41. The number of ketones is 1. The van der Waals surface area contributed by atoms with Crippen molar-refractivity contribution in [1.82, 2.24) is 9.78 Å². The lowest BCUT2D eigenvalue weighted by Crippen LogP contribution is -2.20. The minimum atomic E-state index is 0.168. The van der Waals surface area contributed by atoms with E-state index in [-0.39, 0.29) is 11.7 Å². The molecule has 4 heteroatoms. The van der Waals surface area contributed by atoms with E-state index in [9.17, 15) is 4.79 Å². The number of hydrogen-bond acceptors (Lipinski definition) is 3. The van der Waals surface area contributed by atoms with Crippen molar-refractivity contribution in [2.75, 3.05) is 7.11 Å². The first-order chi connectivity index (χ1) is 12.6. The number of benzene rings is 2. The molecular weight excluding hydrogens is 324 g/mol. The zero-order valence-corrected chi connectivity index (χ0v) is 15.3. The lowest BCUT2D eigenvalue weighted by molar-refractivity contribution is 0.0963. The molecule has 0 saturated heterocycles. The quantitative estimate of drug-likeness (QED) is 0.705. The van der Waals surface area contributed by atoms with Gasteiger partial charge in [0.15, 0.2) is 5.78 Å². The Kier molecular flexibility index (Phi) is 4.11. The maximum atomic E-state index is 12.8. The summed E-state index contributed by atoms with van der Waals surface area (Å²) < 4.78 is 7.18. The molecule has 0 amide bonds. The van der Waals surface area contributed by atoms with Crippen molar-refractivity contribution in [2.24, 2.45) is 0 Å².